The molecule has 1 aromatic rings. The molecule has 1 aromatic carbocycles. The molecule has 0 radical (unpaired) electrons. The molecule has 0 amide bonds. The molecule has 0 spiro atoms. The van der Waals surface area contributed by atoms with Crippen molar-refractivity contribution in [3.05, 3.63) is 29.8 Å². The van der Waals surface area contributed by atoms with Gasteiger partial charge in [-0.25, -0.2) is 0 Å². The van der Waals surface area contributed by atoms with Gasteiger partial charge in [0, 0.05) is 30.3 Å². The molecule has 0 bridgehead atoms. The summed E-state index contributed by atoms with van der Waals surface area (Å²) in [6.07, 6.45) is 0.877. The quantitative estimate of drug-likeness (QED) is 0.518. The Labute approximate surface area is 109 Å². The number of ether oxygens (including phenoxy) is 2. The summed E-state index contributed by atoms with van der Waals surface area (Å²) in [7, 11) is 0. The van der Waals surface area contributed by atoms with E-state index in [-0.39, 0.29) is 6.29 Å². The zero-order chi connectivity index (χ0) is 12.5. The van der Waals surface area contributed by atoms with Crippen molar-refractivity contribution in [2.75, 3.05) is 19.0 Å². The molecule has 0 N–H and O–H groups in total. The molecule has 0 saturated carbocycles. The predicted molar refractivity (Wildman–Crippen MR) is 73.6 cm³/mol. The van der Waals surface area contributed by atoms with E-state index in [1.807, 2.05) is 25.6 Å². The number of aryl methyl sites for hydroxylation is 1. The Bertz CT molecular complexity index is 309. The molecule has 0 aliphatic rings. The number of hydrogen-bond donors (Lipinski definition) is 0. The van der Waals surface area contributed by atoms with E-state index in [2.05, 4.69) is 31.2 Å². The lowest BCUT2D eigenvalue weighted by Crippen LogP contribution is -2.18. The molecule has 17 heavy (non-hydrogen) atoms. The van der Waals surface area contributed by atoms with Gasteiger partial charge in [-0.3, -0.25) is 0 Å². The first-order valence-electron chi connectivity index (χ1n) is 6.19. The van der Waals surface area contributed by atoms with Crippen LogP contribution in [0.4, 0.5) is 0 Å². The van der Waals surface area contributed by atoms with Crippen molar-refractivity contribution in [2.24, 2.45) is 0 Å². The van der Waals surface area contributed by atoms with Crippen molar-refractivity contribution in [3.63, 3.8) is 0 Å². The lowest BCUT2D eigenvalue weighted by atomic mass is 10.2. The summed E-state index contributed by atoms with van der Waals surface area (Å²) in [6.45, 7) is 7.56. The molecule has 1 rings (SSSR count). The Balaban J connectivity index is 2.33. The van der Waals surface area contributed by atoms with E-state index in [0.29, 0.717) is 13.2 Å². The first-order valence-corrected chi connectivity index (χ1v) is 7.18. The third-order valence-electron chi connectivity index (χ3n) is 2.41. The minimum absolute atomic E-state index is 0.0541. The van der Waals surface area contributed by atoms with Crippen LogP contribution in [0.2, 0.25) is 0 Å². The van der Waals surface area contributed by atoms with Crippen molar-refractivity contribution in [3.8, 4) is 0 Å². The second-order valence-corrected chi connectivity index (χ2v) is 4.88. The molecular weight excluding hydrogens is 232 g/mol. The Morgan fingerprint density at radius 3 is 2.35 bits per heavy atom. The molecule has 0 atom stereocenters. The first-order chi connectivity index (χ1) is 8.27. The molecule has 0 heterocycles. The molecule has 0 fully saturated rings. The van der Waals surface area contributed by atoms with E-state index in [9.17, 15) is 0 Å². The van der Waals surface area contributed by atoms with Gasteiger partial charge in [0.15, 0.2) is 6.29 Å². The van der Waals surface area contributed by atoms with Gasteiger partial charge in [-0.15, -0.1) is 11.8 Å². The number of thioether (sulfide) groups is 1. The average Bonchev–Trinajstić information content (AvgIpc) is 2.32. The zero-order valence-corrected chi connectivity index (χ0v) is 11.8. The molecule has 0 saturated heterocycles. The fraction of sp³-hybridized carbons (Fsp3) is 0.571. The highest BCUT2D eigenvalue weighted by Crippen LogP contribution is 2.23. The van der Waals surface area contributed by atoms with Crippen LogP contribution >= 0.6 is 11.8 Å². The molecule has 0 aliphatic heterocycles. The summed E-state index contributed by atoms with van der Waals surface area (Å²) in [6, 6.07) is 8.46. The summed E-state index contributed by atoms with van der Waals surface area (Å²) in [4.78, 5) is 1.35. The smallest absolute Gasteiger partial charge is 0.158 e. The molecular formula is C14H22O2S. The largest absolute Gasteiger partial charge is 0.353 e. The SMILES string of the molecule is CCOC(CCSc1ccccc1C)OCC. The number of hydrogen-bond acceptors (Lipinski definition) is 3. The fourth-order valence-corrected chi connectivity index (χ4v) is 2.57. The summed E-state index contributed by atoms with van der Waals surface area (Å²) < 4.78 is 11.0. The highest BCUT2D eigenvalue weighted by Gasteiger charge is 2.08. The minimum Gasteiger partial charge on any atom is -0.353 e. The standard InChI is InChI=1S/C14H22O2S/c1-4-15-14(16-5-2)10-11-17-13-9-7-6-8-12(13)3/h6-9,14H,4-5,10-11H2,1-3H3. The normalized spacial score (nSPS) is 11.1. The van der Waals surface area contributed by atoms with E-state index in [4.69, 9.17) is 9.47 Å². The second-order valence-electron chi connectivity index (χ2n) is 3.74. The van der Waals surface area contributed by atoms with Crippen molar-refractivity contribution in [2.45, 2.75) is 38.4 Å². The van der Waals surface area contributed by atoms with Gasteiger partial charge < -0.3 is 9.47 Å². The van der Waals surface area contributed by atoms with Crippen LogP contribution in [0, 0.1) is 6.92 Å². The Hall–Kier alpha value is -0.510. The zero-order valence-electron chi connectivity index (χ0n) is 10.9. The molecule has 0 unspecified atom stereocenters. The van der Waals surface area contributed by atoms with Crippen molar-refractivity contribution in [1.82, 2.24) is 0 Å². The number of benzene rings is 1. The third kappa shape index (κ3) is 5.57. The van der Waals surface area contributed by atoms with Crippen molar-refractivity contribution in [1.29, 1.82) is 0 Å². The van der Waals surface area contributed by atoms with E-state index in [1.165, 1.54) is 10.5 Å². The van der Waals surface area contributed by atoms with Crippen LogP contribution in [0.25, 0.3) is 0 Å². The maximum absolute atomic E-state index is 5.52. The van der Waals surface area contributed by atoms with Crippen molar-refractivity contribution >= 4 is 11.8 Å². The lowest BCUT2D eigenvalue weighted by Gasteiger charge is -2.16. The van der Waals surface area contributed by atoms with Gasteiger partial charge in [0.1, 0.15) is 0 Å². The van der Waals surface area contributed by atoms with Crippen LogP contribution in [0.15, 0.2) is 29.2 Å². The maximum atomic E-state index is 5.52. The maximum Gasteiger partial charge on any atom is 0.158 e. The topological polar surface area (TPSA) is 18.5 Å². The van der Waals surface area contributed by atoms with Gasteiger partial charge in [-0.1, -0.05) is 18.2 Å². The van der Waals surface area contributed by atoms with Crippen LogP contribution in [0.1, 0.15) is 25.8 Å². The van der Waals surface area contributed by atoms with Crippen molar-refractivity contribution < 1.29 is 9.47 Å². The van der Waals surface area contributed by atoms with Crippen LogP contribution in [0.5, 0.6) is 0 Å². The third-order valence-corrected chi connectivity index (χ3v) is 3.62. The fourth-order valence-electron chi connectivity index (χ4n) is 1.57. The monoisotopic (exact) mass is 254 g/mol. The average molecular weight is 254 g/mol. The highest BCUT2D eigenvalue weighted by molar-refractivity contribution is 7.99. The Kier molecular flexibility index (Phi) is 7.33. The van der Waals surface area contributed by atoms with E-state index in [0.717, 1.165) is 12.2 Å². The van der Waals surface area contributed by atoms with E-state index >= 15 is 0 Å². The van der Waals surface area contributed by atoms with E-state index < -0.39 is 0 Å². The van der Waals surface area contributed by atoms with Gasteiger partial charge in [0.05, 0.1) is 0 Å². The first kappa shape index (κ1) is 14.6. The van der Waals surface area contributed by atoms with Crippen LogP contribution in [0.3, 0.4) is 0 Å². The van der Waals surface area contributed by atoms with Crippen LogP contribution < -0.4 is 0 Å². The summed E-state index contributed by atoms with van der Waals surface area (Å²) in [5.74, 6) is 1.02. The minimum atomic E-state index is -0.0541. The molecule has 0 aliphatic carbocycles. The van der Waals surface area contributed by atoms with Gasteiger partial charge in [-0.05, 0) is 32.4 Å². The Morgan fingerprint density at radius 2 is 1.76 bits per heavy atom. The molecule has 0 aromatic heterocycles. The molecule has 2 nitrogen and oxygen atoms in total. The Morgan fingerprint density at radius 1 is 1.12 bits per heavy atom. The van der Waals surface area contributed by atoms with E-state index in [1.54, 1.807) is 0 Å². The summed E-state index contributed by atoms with van der Waals surface area (Å²) in [5.41, 5.74) is 1.34. The number of rotatable bonds is 8. The summed E-state index contributed by atoms with van der Waals surface area (Å²) in [5, 5.41) is 0. The second kappa shape index (κ2) is 8.56. The lowest BCUT2D eigenvalue weighted by molar-refractivity contribution is -0.136. The highest BCUT2D eigenvalue weighted by atomic mass is 32.2. The van der Waals surface area contributed by atoms with Crippen LogP contribution in [-0.4, -0.2) is 25.3 Å². The van der Waals surface area contributed by atoms with Gasteiger partial charge in [-0.2, -0.15) is 0 Å². The molecule has 96 valence electrons. The molecule has 3 heteroatoms. The predicted octanol–water partition coefficient (Wildman–Crippen LogP) is 3.88. The van der Waals surface area contributed by atoms with Crippen LogP contribution in [-0.2, 0) is 9.47 Å². The van der Waals surface area contributed by atoms with Gasteiger partial charge >= 0.3 is 0 Å². The summed E-state index contributed by atoms with van der Waals surface area (Å²) >= 11 is 1.87. The van der Waals surface area contributed by atoms with Gasteiger partial charge in [0.2, 0.25) is 0 Å². The van der Waals surface area contributed by atoms with Gasteiger partial charge in [0.25, 0.3) is 0 Å².